The Bertz CT molecular complexity index is 482. The molecule has 0 saturated carbocycles. The number of nitrogen functional groups attached to an aromatic ring is 1. The van der Waals surface area contributed by atoms with E-state index >= 15 is 0 Å². The second kappa shape index (κ2) is 6.19. The molecule has 2 aliphatic heterocycles. The average molecular weight is 314 g/mol. The Kier molecular flexibility index (Phi) is 4.32. The maximum absolute atomic E-state index is 12.5. The maximum atomic E-state index is 12.5. The fraction of sp³-hybridized carbons (Fsp3) is 0.667. The fourth-order valence-corrected chi connectivity index (χ4v) is 4.18. The molecule has 1 amide bonds. The SMILES string of the molecule is Nc1nc(N2CCOCC2)sc1C(=O)N1CCSCC1. The van der Waals surface area contributed by atoms with Gasteiger partial charge in [0.05, 0.1) is 13.2 Å². The van der Waals surface area contributed by atoms with Crippen LogP contribution >= 0.6 is 23.1 Å². The zero-order chi connectivity index (χ0) is 13.9. The Morgan fingerprint density at radius 2 is 1.90 bits per heavy atom. The molecule has 0 aliphatic carbocycles. The van der Waals surface area contributed by atoms with Gasteiger partial charge in [0, 0.05) is 37.7 Å². The number of ether oxygens (including phenoxy) is 1. The van der Waals surface area contributed by atoms with Crippen LogP contribution < -0.4 is 10.6 Å². The van der Waals surface area contributed by atoms with E-state index in [1.807, 2.05) is 16.7 Å². The minimum Gasteiger partial charge on any atom is -0.382 e. The lowest BCUT2D eigenvalue weighted by Gasteiger charge is -2.26. The number of thioether (sulfide) groups is 1. The number of nitrogens with zero attached hydrogens (tertiary/aromatic N) is 3. The molecule has 110 valence electrons. The Balaban J connectivity index is 1.75. The molecule has 2 fully saturated rings. The van der Waals surface area contributed by atoms with Crippen molar-refractivity contribution in [3.8, 4) is 0 Å². The van der Waals surface area contributed by atoms with Gasteiger partial charge in [0.25, 0.3) is 5.91 Å². The highest BCUT2D eigenvalue weighted by Crippen LogP contribution is 2.30. The summed E-state index contributed by atoms with van der Waals surface area (Å²) in [7, 11) is 0. The lowest BCUT2D eigenvalue weighted by Crippen LogP contribution is -2.37. The second-order valence-corrected chi connectivity index (χ2v) is 6.92. The summed E-state index contributed by atoms with van der Waals surface area (Å²) in [6, 6.07) is 0. The molecule has 2 N–H and O–H groups in total. The van der Waals surface area contributed by atoms with Crippen molar-refractivity contribution in [1.29, 1.82) is 0 Å². The molecule has 0 atom stereocenters. The number of morpholine rings is 1. The van der Waals surface area contributed by atoms with Crippen LogP contribution in [0.1, 0.15) is 9.67 Å². The molecule has 0 unspecified atom stereocenters. The maximum Gasteiger partial charge on any atom is 0.267 e. The Morgan fingerprint density at radius 3 is 2.60 bits per heavy atom. The number of nitrogens with two attached hydrogens (primary N) is 1. The molecule has 2 saturated heterocycles. The summed E-state index contributed by atoms with van der Waals surface area (Å²) in [6.45, 7) is 4.61. The van der Waals surface area contributed by atoms with Crippen LogP contribution in [0.4, 0.5) is 10.9 Å². The van der Waals surface area contributed by atoms with Gasteiger partial charge in [-0.1, -0.05) is 11.3 Å². The van der Waals surface area contributed by atoms with Crippen molar-refractivity contribution in [2.45, 2.75) is 0 Å². The van der Waals surface area contributed by atoms with Crippen molar-refractivity contribution in [1.82, 2.24) is 9.88 Å². The Labute approximate surface area is 126 Å². The molecule has 20 heavy (non-hydrogen) atoms. The molecule has 6 nitrogen and oxygen atoms in total. The van der Waals surface area contributed by atoms with Gasteiger partial charge in [-0.05, 0) is 0 Å². The highest BCUT2D eigenvalue weighted by atomic mass is 32.2. The first-order chi connectivity index (χ1) is 9.75. The third-order valence-corrected chi connectivity index (χ3v) is 5.48. The predicted molar refractivity (Wildman–Crippen MR) is 82.8 cm³/mol. The number of thiazole rings is 1. The number of carbonyl (C=O) groups excluding carboxylic acids is 1. The first-order valence-electron chi connectivity index (χ1n) is 6.72. The highest BCUT2D eigenvalue weighted by molar-refractivity contribution is 7.99. The lowest BCUT2D eigenvalue weighted by atomic mass is 10.4. The standard InChI is InChI=1S/C12H18N4O2S2/c13-10-9(11(17)15-3-7-19-8-4-15)20-12(14-10)16-1-5-18-6-2-16/h1-8,13H2. The van der Waals surface area contributed by atoms with Crippen LogP contribution in [0, 0.1) is 0 Å². The number of carbonyl (C=O) groups is 1. The normalized spacial score (nSPS) is 20.2. The van der Waals surface area contributed by atoms with Gasteiger partial charge >= 0.3 is 0 Å². The van der Waals surface area contributed by atoms with Gasteiger partial charge in [-0.15, -0.1) is 0 Å². The molecular formula is C12H18N4O2S2. The molecule has 1 aromatic heterocycles. The van der Waals surface area contributed by atoms with E-state index in [1.54, 1.807) is 0 Å². The summed E-state index contributed by atoms with van der Waals surface area (Å²) in [6.07, 6.45) is 0. The van der Waals surface area contributed by atoms with Crippen LogP contribution in [-0.2, 0) is 4.74 Å². The lowest BCUT2D eigenvalue weighted by molar-refractivity contribution is 0.0778. The number of anilines is 2. The monoisotopic (exact) mass is 314 g/mol. The molecular weight excluding hydrogens is 296 g/mol. The van der Waals surface area contributed by atoms with Gasteiger partial charge in [-0.3, -0.25) is 4.79 Å². The minimum absolute atomic E-state index is 0.0276. The number of rotatable bonds is 2. The van der Waals surface area contributed by atoms with Crippen molar-refractivity contribution in [2.24, 2.45) is 0 Å². The van der Waals surface area contributed by atoms with E-state index < -0.39 is 0 Å². The van der Waals surface area contributed by atoms with Gasteiger partial charge < -0.3 is 20.3 Å². The first-order valence-corrected chi connectivity index (χ1v) is 8.69. The van der Waals surface area contributed by atoms with Gasteiger partial charge in [-0.25, -0.2) is 4.98 Å². The Hall–Kier alpha value is -0.990. The summed E-state index contributed by atoms with van der Waals surface area (Å²) < 4.78 is 5.33. The van der Waals surface area contributed by atoms with Crippen molar-refractivity contribution in [2.75, 3.05) is 61.5 Å². The number of amides is 1. The molecule has 2 aliphatic rings. The van der Waals surface area contributed by atoms with Crippen LogP contribution in [0.2, 0.25) is 0 Å². The van der Waals surface area contributed by atoms with E-state index in [0.717, 1.165) is 42.8 Å². The molecule has 0 spiro atoms. The summed E-state index contributed by atoms with van der Waals surface area (Å²) in [4.78, 5) is 21.4. The van der Waals surface area contributed by atoms with Crippen LogP contribution in [-0.4, -0.2) is 66.7 Å². The third kappa shape index (κ3) is 2.87. The van der Waals surface area contributed by atoms with E-state index in [9.17, 15) is 4.79 Å². The largest absolute Gasteiger partial charge is 0.382 e. The zero-order valence-corrected chi connectivity index (χ0v) is 12.8. The van der Waals surface area contributed by atoms with Crippen LogP contribution in [0.3, 0.4) is 0 Å². The van der Waals surface area contributed by atoms with E-state index in [4.69, 9.17) is 10.5 Å². The van der Waals surface area contributed by atoms with Crippen LogP contribution in [0.15, 0.2) is 0 Å². The molecule has 8 heteroatoms. The fourth-order valence-electron chi connectivity index (χ4n) is 2.27. The van der Waals surface area contributed by atoms with Gasteiger partial charge in [0.2, 0.25) is 0 Å². The quantitative estimate of drug-likeness (QED) is 0.868. The summed E-state index contributed by atoms with van der Waals surface area (Å²) in [5.41, 5.74) is 5.94. The van der Waals surface area contributed by atoms with Crippen molar-refractivity contribution >= 4 is 40.0 Å². The second-order valence-electron chi connectivity index (χ2n) is 4.71. The van der Waals surface area contributed by atoms with Crippen LogP contribution in [0.5, 0.6) is 0 Å². The van der Waals surface area contributed by atoms with E-state index in [1.165, 1.54) is 11.3 Å². The van der Waals surface area contributed by atoms with E-state index in [2.05, 4.69) is 9.88 Å². The van der Waals surface area contributed by atoms with E-state index in [-0.39, 0.29) is 5.91 Å². The minimum atomic E-state index is 0.0276. The van der Waals surface area contributed by atoms with Crippen molar-refractivity contribution in [3.63, 3.8) is 0 Å². The smallest absolute Gasteiger partial charge is 0.267 e. The number of hydrogen-bond acceptors (Lipinski definition) is 7. The molecule has 0 radical (unpaired) electrons. The number of aromatic nitrogens is 1. The van der Waals surface area contributed by atoms with Crippen LogP contribution in [0.25, 0.3) is 0 Å². The molecule has 3 heterocycles. The van der Waals surface area contributed by atoms with Gasteiger partial charge in [0.15, 0.2) is 5.13 Å². The summed E-state index contributed by atoms with van der Waals surface area (Å²) in [5.74, 6) is 2.39. The molecule has 3 rings (SSSR count). The zero-order valence-electron chi connectivity index (χ0n) is 11.2. The molecule has 1 aromatic rings. The van der Waals surface area contributed by atoms with Crippen molar-refractivity contribution in [3.05, 3.63) is 4.88 Å². The molecule has 0 bridgehead atoms. The Morgan fingerprint density at radius 1 is 1.20 bits per heavy atom. The van der Waals surface area contributed by atoms with Gasteiger partial charge in [0.1, 0.15) is 10.7 Å². The topological polar surface area (TPSA) is 71.7 Å². The van der Waals surface area contributed by atoms with Crippen molar-refractivity contribution < 1.29 is 9.53 Å². The summed E-state index contributed by atoms with van der Waals surface area (Å²) in [5, 5.41) is 0.834. The first kappa shape index (κ1) is 14.0. The van der Waals surface area contributed by atoms with Gasteiger partial charge in [-0.2, -0.15) is 11.8 Å². The third-order valence-electron chi connectivity index (χ3n) is 3.42. The average Bonchev–Trinajstić information content (AvgIpc) is 2.90. The highest BCUT2D eigenvalue weighted by Gasteiger charge is 2.25. The molecule has 0 aromatic carbocycles. The predicted octanol–water partition coefficient (Wildman–Crippen LogP) is 0.751. The number of hydrogen-bond donors (Lipinski definition) is 1. The van der Waals surface area contributed by atoms with E-state index in [0.29, 0.717) is 23.9 Å². The summed E-state index contributed by atoms with van der Waals surface area (Å²) >= 11 is 3.29.